The first kappa shape index (κ1) is 19.7. The lowest BCUT2D eigenvalue weighted by Crippen LogP contribution is -2.16. The molecule has 0 aromatic carbocycles. The van der Waals surface area contributed by atoms with Crippen molar-refractivity contribution in [1.82, 2.24) is 14.8 Å². The molecule has 8 nitrogen and oxygen atoms in total. The van der Waals surface area contributed by atoms with Crippen LogP contribution < -0.4 is 11.1 Å². The fraction of sp³-hybridized carbons (Fsp3) is 0.158. The third-order valence-electron chi connectivity index (χ3n) is 4.37. The molecule has 0 spiro atoms. The molecule has 30 heavy (non-hydrogen) atoms. The van der Waals surface area contributed by atoms with E-state index in [4.69, 9.17) is 10.2 Å². The van der Waals surface area contributed by atoms with E-state index in [1.54, 1.807) is 23.0 Å². The Labute approximate surface area is 172 Å². The first-order valence-electron chi connectivity index (χ1n) is 8.82. The van der Waals surface area contributed by atoms with E-state index in [0.717, 1.165) is 11.3 Å². The third kappa shape index (κ3) is 3.43. The Bertz CT molecular complexity index is 1250. The van der Waals surface area contributed by atoms with E-state index < -0.39 is 23.9 Å². The van der Waals surface area contributed by atoms with Crippen molar-refractivity contribution in [2.75, 3.05) is 5.32 Å². The number of carbonyl (C=O) groups excluding carboxylic acids is 2. The van der Waals surface area contributed by atoms with E-state index >= 15 is 0 Å². The average Bonchev–Trinajstić information content (AvgIpc) is 3.46. The minimum Gasteiger partial charge on any atom is -0.464 e. The average molecular weight is 431 g/mol. The van der Waals surface area contributed by atoms with Gasteiger partial charge < -0.3 is 15.5 Å². The summed E-state index contributed by atoms with van der Waals surface area (Å²) in [6.07, 6.45) is 1.49. The number of amides is 2. The Hall–Kier alpha value is -3.60. The number of fused-ring (bicyclic) bond motifs is 1. The molecular weight excluding hydrogens is 416 g/mol. The Morgan fingerprint density at radius 2 is 2.20 bits per heavy atom. The first-order valence-corrected chi connectivity index (χ1v) is 9.63. The monoisotopic (exact) mass is 431 g/mol. The van der Waals surface area contributed by atoms with Gasteiger partial charge >= 0.3 is 0 Å². The molecule has 2 amide bonds. The Kier molecular flexibility index (Phi) is 5.04. The molecule has 4 heterocycles. The summed E-state index contributed by atoms with van der Waals surface area (Å²) in [5.74, 6) is -1.06. The maximum atomic E-state index is 13.4. The van der Waals surface area contributed by atoms with Crippen LogP contribution in [0.1, 0.15) is 39.1 Å². The summed E-state index contributed by atoms with van der Waals surface area (Å²) in [5, 5.41) is 7.01. The second kappa shape index (κ2) is 7.67. The van der Waals surface area contributed by atoms with E-state index in [1.165, 1.54) is 18.5 Å². The number of nitrogens with one attached hydrogen (secondary N) is 1. The molecule has 0 fully saturated rings. The molecule has 154 valence electrons. The van der Waals surface area contributed by atoms with Crippen LogP contribution in [0.4, 0.5) is 14.5 Å². The number of hydrogen-bond donors (Lipinski definition) is 2. The number of alkyl halides is 2. The van der Waals surface area contributed by atoms with Gasteiger partial charge in [-0.3, -0.25) is 14.3 Å². The molecule has 0 saturated carbocycles. The molecule has 0 atom stereocenters. The summed E-state index contributed by atoms with van der Waals surface area (Å²) in [6, 6.07) is 4.36. The fourth-order valence-corrected chi connectivity index (χ4v) is 4.00. The molecular formula is C19H15F2N5O3S. The molecule has 0 aliphatic rings. The number of nitrogens with two attached hydrogens (primary N) is 1. The molecule has 0 bridgehead atoms. The second-order valence-corrected chi connectivity index (χ2v) is 7.26. The largest absolute Gasteiger partial charge is 0.464 e. The van der Waals surface area contributed by atoms with E-state index in [0.29, 0.717) is 11.9 Å². The zero-order valence-electron chi connectivity index (χ0n) is 15.6. The summed E-state index contributed by atoms with van der Waals surface area (Å²) >= 11 is 0.826. The lowest BCUT2D eigenvalue weighted by molar-refractivity contribution is 0.100. The van der Waals surface area contributed by atoms with Crippen LogP contribution in [0.2, 0.25) is 0 Å². The lowest BCUT2D eigenvalue weighted by atomic mass is 10.1. The minimum atomic E-state index is -2.83. The van der Waals surface area contributed by atoms with Crippen LogP contribution in [0.25, 0.3) is 21.5 Å². The van der Waals surface area contributed by atoms with Crippen molar-refractivity contribution in [3.8, 4) is 11.3 Å². The van der Waals surface area contributed by atoms with Gasteiger partial charge in [0.1, 0.15) is 21.2 Å². The highest BCUT2D eigenvalue weighted by Crippen LogP contribution is 2.42. The van der Waals surface area contributed by atoms with Crippen LogP contribution in [-0.2, 0) is 6.54 Å². The molecule has 0 aliphatic heterocycles. The SMILES string of the molecule is CCn1cc(C(=O)Nc2c(C(N)=O)sc3nc(C(F)F)cc(-c4ccco4)c23)cn1. The molecule has 0 radical (unpaired) electrons. The van der Waals surface area contributed by atoms with Gasteiger partial charge in [0.05, 0.1) is 23.7 Å². The van der Waals surface area contributed by atoms with Crippen LogP contribution >= 0.6 is 11.3 Å². The highest BCUT2D eigenvalue weighted by Gasteiger charge is 2.26. The number of aromatic nitrogens is 3. The molecule has 3 N–H and O–H groups in total. The number of aryl methyl sites for hydroxylation is 1. The number of pyridine rings is 1. The van der Waals surface area contributed by atoms with Crippen molar-refractivity contribution >= 4 is 39.1 Å². The summed E-state index contributed by atoms with van der Waals surface area (Å²) < 4.78 is 33.7. The molecule has 0 aliphatic carbocycles. The van der Waals surface area contributed by atoms with E-state index in [1.807, 2.05) is 6.92 Å². The molecule has 0 unspecified atom stereocenters. The van der Waals surface area contributed by atoms with Crippen LogP contribution in [0.15, 0.2) is 41.3 Å². The minimum absolute atomic E-state index is 0.00652. The van der Waals surface area contributed by atoms with Gasteiger partial charge in [0.2, 0.25) is 0 Å². The quantitative estimate of drug-likeness (QED) is 0.478. The molecule has 0 saturated heterocycles. The molecule has 11 heteroatoms. The Morgan fingerprint density at radius 1 is 1.40 bits per heavy atom. The van der Waals surface area contributed by atoms with Crippen molar-refractivity contribution in [3.05, 3.63) is 53.0 Å². The summed E-state index contributed by atoms with van der Waals surface area (Å²) in [5.41, 5.74) is 5.64. The van der Waals surface area contributed by atoms with Gasteiger partial charge in [0.25, 0.3) is 18.2 Å². The first-order chi connectivity index (χ1) is 14.4. The van der Waals surface area contributed by atoms with Crippen molar-refractivity contribution in [2.24, 2.45) is 5.73 Å². The highest BCUT2D eigenvalue weighted by atomic mass is 32.1. The number of furan rings is 1. The van der Waals surface area contributed by atoms with Crippen LogP contribution in [0.3, 0.4) is 0 Å². The van der Waals surface area contributed by atoms with Gasteiger partial charge in [-0.2, -0.15) is 5.10 Å². The molecule has 4 aromatic heterocycles. The van der Waals surface area contributed by atoms with Crippen molar-refractivity contribution in [3.63, 3.8) is 0 Å². The smallest absolute Gasteiger partial charge is 0.280 e. The standard InChI is InChI=1S/C19H15F2N5O3S/c1-2-26-8-9(7-23-26)18(28)25-14-13-10(12-4-3-5-29-12)6-11(16(20)21)24-19(13)30-15(14)17(22)27/h3-8,16H,2H2,1H3,(H2,22,27)(H,25,28). The fourth-order valence-electron chi connectivity index (χ4n) is 2.99. The van der Waals surface area contributed by atoms with Gasteiger partial charge in [0.15, 0.2) is 0 Å². The van der Waals surface area contributed by atoms with Crippen molar-refractivity contribution in [2.45, 2.75) is 19.9 Å². The number of rotatable bonds is 6. The summed E-state index contributed by atoms with van der Waals surface area (Å²) in [4.78, 5) is 28.9. The number of halogens is 2. The number of hydrogen-bond acceptors (Lipinski definition) is 6. The number of carbonyl (C=O) groups is 2. The number of anilines is 1. The normalized spacial score (nSPS) is 11.3. The summed E-state index contributed by atoms with van der Waals surface area (Å²) in [7, 11) is 0. The van der Waals surface area contributed by atoms with Crippen molar-refractivity contribution < 1.29 is 22.8 Å². The van der Waals surface area contributed by atoms with Gasteiger partial charge in [-0.05, 0) is 25.1 Å². The van der Waals surface area contributed by atoms with Crippen LogP contribution in [-0.4, -0.2) is 26.6 Å². The molecule has 4 rings (SSSR count). The Morgan fingerprint density at radius 3 is 2.80 bits per heavy atom. The van der Waals surface area contributed by atoms with E-state index in [9.17, 15) is 18.4 Å². The third-order valence-corrected chi connectivity index (χ3v) is 5.47. The number of thiophene rings is 1. The maximum absolute atomic E-state index is 13.4. The van der Waals surface area contributed by atoms with E-state index in [2.05, 4.69) is 15.4 Å². The maximum Gasteiger partial charge on any atom is 0.280 e. The number of nitrogens with zero attached hydrogens (tertiary/aromatic N) is 3. The zero-order chi connectivity index (χ0) is 21.4. The number of primary amides is 1. The van der Waals surface area contributed by atoms with Gasteiger partial charge in [-0.25, -0.2) is 13.8 Å². The highest BCUT2D eigenvalue weighted by molar-refractivity contribution is 7.21. The van der Waals surface area contributed by atoms with Crippen LogP contribution in [0.5, 0.6) is 0 Å². The van der Waals surface area contributed by atoms with Gasteiger partial charge in [0, 0.05) is 23.7 Å². The van der Waals surface area contributed by atoms with Gasteiger partial charge in [-0.15, -0.1) is 11.3 Å². The predicted molar refractivity (Wildman–Crippen MR) is 107 cm³/mol. The Balaban J connectivity index is 1.92. The van der Waals surface area contributed by atoms with Crippen molar-refractivity contribution in [1.29, 1.82) is 0 Å². The van der Waals surface area contributed by atoms with E-state index in [-0.39, 0.29) is 32.3 Å². The molecule has 4 aromatic rings. The van der Waals surface area contributed by atoms with Crippen LogP contribution in [0, 0.1) is 0 Å². The lowest BCUT2D eigenvalue weighted by Gasteiger charge is -2.09. The summed E-state index contributed by atoms with van der Waals surface area (Å²) in [6.45, 7) is 2.44. The topological polar surface area (TPSA) is 116 Å². The second-order valence-electron chi connectivity index (χ2n) is 6.26. The van der Waals surface area contributed by atoms with Gasteiger partial charge in [-0.1, -0.05) is 0 Å². The predicted octanol–water partition coefficient (Wildman–Crippen LogP) is 4.06. The zero-order valence-corrected chi connectivity index (χ0v) is 16.4.